The smallest absolute Gasteiger partial charge is 0.308 e. The summed E-state index contributed by atoms with van der Waals surface area (Å²) < 4.78 is 5.12. The van der Waals surface area contributed by atoms with E-state index in [-0.39, 0.29) is 35.9 Å². The van der Waals surface area contributed by atoms with Crippen molar-refractivity contribution in [2.45, 2.75) is 52.0 Å². The zero-order valence-corrected chi connectivity index (χ0v) is 18.3. The third-order valence-corrected chi connectivity index (χ3v) is 4.59. The van der Waals surface area contributed by atoms with Crippen molar-refractivity contribution in [3.63, 3.8) is 0 Å². The Morgan fingerprint density at radius 3 is 2.62 bits per heavy atom. The number of halogens is 1. The molecule has 0 aliphatic heterocycles. The molecule has 1 aliphatic carbocycles. The first kappa shape index (κ1) is 22.7. The molecule has 0 atom stereocenters. The van der Waals surface area contributed by atoms with Crippen LogP contribution in [-0.4, -0.2) is 43.2 Å². The summed E-state index contributed by atoms with van der Waals surface area (Å²) in [5.41, 5.74) is 2.25. The van der Waals surface area contributed by atoms with Crippen LogP contribution in [0.15, 0.2) is 23.3 Å². The van der Waals surface area contributed by atoms with Gasteiger partial charge in [0.05, 0.1) is 12.5 Å². The van der Waals surface area contributed by atoms with Gasteiger partial charge >= 0.3 is 5.97 Å². The number of nitrogens with one attached hydrogen (secondary N) is 2. The molecular formula is C19H31IN4O2. The van der Waals surface area contributed by atoms with Gasteiger partial charge in [0.15, 0.2) is 5.96 Å². The first-order valence-corrected chi connectivity index (χ1v) is 9.17. The minimum absolute atomic E-state index is 0. The SMILES string of the molecule is CCOC(=O)C1CCC(NC(=NC)NCCc2ccc(C)nc2)CC1.I. The maximum absolute atomic E-state index is 11.8. The normalized spacial score (nSPS) is 20.0. The number of hydrogen-bond donors (Lipinski definition) is 2. The van der Waals surface area contributed by atoms with E-state index in [9.17, 15) is 4.79 Å². The second-order valence-electron chi connectivity index (χ2n) is 6.50. The van der Waals surface area contributed by atoms with Gasteiger partial charge in [-0.05, 0) is 57.6 Å². The van der Waals surface area contributed by atoms with Gasteiger partial charge in [0, 0.05) is 31.5 Å². The Hall–Kier alpha value is -1.38. The molecular weight excluding hydrogens is 443 g/mol. The Morgan fingerprint density at radius 1 is 1.31 bits per heavy atom. The minimum atomic E-state index is -0.0461. The van der Waals surface area contributed by atoms with Crippen molar-refractivity contribution < 1.29 is 9.53 Å². The fraction of sp³-hybridized carbons (Fsp3) is 0.632. The molecule has 1 saturated carbocycles. The molecule has 7 heteroatoms. The van der Waals surface area contributed by atoms with Gasteiger partial charge in [-0.3, -0.25) is 14.8 Å². The minimum Gasteiger partial charge on any atom is -0.466 e. The average Bonchev–Trinajstić information content (AvgIpc) is 2.63. The van der Waals surface area contributed by atoms with Gasteiger partial charge in [0.25, 0.3) is 0 Å². The largest absolute Gasteiger partial charge is 0.466 e. The van der Waals surface area contributed by atoms with E-state index in [0.29, 0.717) is 12.6 Å². The highest BCUT2D eigenvalue weighted by Crippen LogP contribution is 2.25. The van der Waals surface area contributed by atoms with Crippen LogP contribution in [0, 0.1) is 12.8 Å². The molecule has 0 bridgehead atoms. The second kappa shape index (κ2) is 12.1. The van der Waals surface area contributed by atoms with Crippen molar-refractivity contribution in [1.29, 1.82) is 0 Å². The number of esters is 1. The van der Waals surface area contributed by atoms with Crippen LogP contribution in [0.3, 0.4) is 0 Å². The predicted octanol–water partition coefficient (Wildman–Crippen LogP) is 2.84. The van der Waals surface area contributed by atoms with Gasteiger partial charge in [-0.25, -0.2) is 0 Å². The molecule has 1 fully saturated rings. The number of carbonyl (C=O) groups excluding carboxylic acids is 1. The van der Waals surface area contributed by atoms with Gasteiger partial charge in [-0.15, -0.1) is 24.0 Å². The summed E-state index contributed by atoms with van der Waals surface area (Å²) in [6.07, 6.45) is 6.51. The maximum Gasteiger partial charge on any atom is 0.308 e. The van der Waals surface area contributed by atoms with Crippen LogP contribution in [-0.2, 0) is 16.0 Å². The Labute approximate surface area is 173 Å². The Balaban J connectivity index is 0.00000338. The van der Waals surface area contributed by atoms with Crippen molar-refractivity contribution in [2.24, 2.45) is 10.9 Å². The second-order valence-corrected chi connectivity index (χ2v) is 6.50. The van der Waals surface area contributed by atoms with E-state index in [1.165, 1.54) is 5.56 Å². The predicted molar refractivity (Wildman–Crippen MR) is 115 cm³/mol. The summed E-state index contributed by atoms with van der Waals surface area (Å²) in [6, 6.07) is 4.50. The van der Waals surface area contributed by atoms with Crippen LogP contribution < -0.4 is 10.6 Å². The number of ether oxygens (including phenoxy) is 1. The fourth-order valence-corrected chi connectivity index (χ4v) is 3.09. The zero-order chi connectivity index (χ0) is 18.1. The molecule has 0 saturated heterocycles. The van der Waals surface area contributed by atoms with Gasteiger partial charge in [0.1, 0.15) is 0 Å². The van der Waals surface area contributed by atoms with E-state index in [1.54, 1.807) is 7.05 Å². The third-order valence-electron chi connectivity index (χ3n) is 4.59. The number of guanidine groups is 1. The average molecular weight is 474 g/mol. The standard InChI is InChI=1S/C19H30N4O2.HI/c1-4-25-18(24)16-7-9-17(10-8-16)23-19(20-3)21-12-11-15-6-5-14(2)22-13-15;/h5-6,13,16-17H,4,7-12H2,1-3H3,(H2,20,21,23);1H. The van der Waals surface area contributed by atoms with E-state index in [2.05, 4.69) is 26.7 Å². The van der Waals surface area contributed by atoms with Gasteiger partial charge in [-0.1, -0.05) is 6.07 Å². The van der Waals surface area contributed by atoms with E-state index >= 15 is 0 Å². The Bertz CT molecular complexity index is 569. The van der Waals surface area contributed by atoms with Crippen molar-refractivity contribution in [1.82, 2.24) is 15.6 Å². The number of carbonyl (C=O) groups is 1. The fourth-order valence-electron chi connectivity index (χ4n) is 3.09. The van der Waals surface area contributed by atoms with Crippen LogP contribution in [0.2, 0.25) is 0 Å². The summed E-state index contributed by atoms with van der Waals surface area (Å²) in [5, 5.41) is 6.82. The number of aliphatic imine (C=N–C) groups is 1. The lowest BCUT2D eigenvalue weighted by atomic mass is 9.86. The number of aromatic nitrogens is 1. The van der Waals surface area contributed by atoms with Crippen LogP contribution in [0.25, 0.3) is 0 Å². The van der Waals surface area contributed by atoms with Crippen LogP contribution in [0.5, 0.6) is 0 Å². The molecule has 0 spiro atoms. The van der Waals surface area contributed by atoms with Gasteiger partial charge < -0.3 is 15.4 Å². The summed E-state index contributed by atoms with van der Waals surface area (Å²) in [5.74, 6) is 0.830. The zero-order valence-electron chi connectivity index (χ0n) is 16.0. The van der Waals surface area contributed by atoms with E-state index in [0.717, 1.165) is 50.3 Å². The third kappa shape index (κ3) is 7.47. The molecule has 2 rings (SSSR count). The van der Waals surface area contributed by atoms with E-state index < -0.39 is 0 Å². The first-order chi connectivity index (χ1) is 12.1. The lowest BCUT2D eigenvalue weighted by Crippen LogP contribution is -2.45. The van der Waals surface area contributed by atoms with Crippen molar-refractivity contribution >= 4 is 35.9 Å². The van der Waals surface area contributed by atoms with Crippen molar-refractivity contribution in [3.05, 3.63) is 29.6 Å². The lowest BCUT2D eigenvalue weighted by Gasteiger charge is -2.29. The molecule has 0 amide bonds. The van der Waals surface area contributed by atoms with E-state index in [4.69, 9.17) is 4.74 Å². The number of nitrogens with zero attached hydrogens (tertiary/aromatic N) is 2. The maximum atomic E-state index is 11.8. The first-order valence-electron chi connectivity index (χ1n) is 9.17. The van der Waals surface area contributed by atoms with Crippen molar-refractivity contribution in [3.8, 4) is 0 Å². The van der Waals surface area contributed by atoms with E-state index in [1.807, 2.05) is 26.1 Å². The quantitative estimate of drug-likeness (QED) is 0.287. The molecule has 0 unspecified atom stereocenters. The molecule has 26 heavy (non-hydrogen) atoms. The molecule has 146 valence electrons. The molecule has 1 heterocycles. The summed E-state index contributed by atoms with van der Waals surface area (Å²) >= 11 is 0. The number of pyridine rings is 1. The highest BCUT2D eigenvalue weighted by atomic mass is 127. The molecule has 6 nitrogen and oxygen atoms in total. The summed E-state index contributed by atoms with van der Waals surface area (Å²) in [6.45, 7) is 5.12. The van der Waals surface area contributed by atoms with Gasteiger partial charge in [0.2, 0.25) is 0 Å². The highest BCUT2D eigenvalue weighted by molar-refractivity contribution is 14.0. The summed E-state index contributed by atoms with van der Waals surface area (Å²) in [4.78, 5) is 20.4. The number of aryl methyl sites for hydroxylation is 1. The monoisotopic (exact) mass is 474 g/mol. The molecule has 1 aromatic rings. The lowest BCUT2D eigenvalue weighted by molar-refractivity contribution is -0.149. The Morgan fingerprint density at radius 2 is 2.04 bits per heavy atom. The van der Waals surface area contributed by atoms with Gasteiger partial charge in [-0.2, -0.15) is 0 Å². The molecule has 1 aliphatic rings. The van der Waals surface area contributed by atoms with Crippen LogP contribution >= 0.6 is 24.0 Å². The van der Waals surface area contributed by atoms with Crippen molar-refractivity contribution in [2.75, 3.05) is 20.2 Å². The topological polar surface area (TPSA) is 75.6 Å². The van der Waals surface area contributed by atoms with Crippen LogP contribution in [0.4, 0.5) is 0 Å². The molecule has 2 N–H and O–H groups in total. The molecule has 0 radical (unpaired) electrons. The highest BCUT2D eigenvalue weighted by Gasteiger charge is 2.27. The molecule has 1 aromatic heterocycles. The molecule has 0 aromatic carbocycles. The Kier molecular flexibility index (Phi) is 10.5. The summed E-state index contributed by atoms with van der Waals surface area (Å²) in [7, 11) is 1.78. The van der Waals surface area contributed by atoms with Crippen LogP contribution in [0.1, 0.15) is 43.9 Å². The number of rotatable bonds is 6. The number of hydrogen-bond acceptors (Lipinski definition) is 4.